The third-order valence-corrected chi connectivity index (χ3v) is 7.04. The van der Waals surface area contributed by atoms with E-state index in [1.54, 1.807) is 4.90 Å². The van der Waals surface area contributed by atoms with Crippen molar-refractivity contribution in [3.05, 3.63) is 59.7 Å². The highest BCUT2D eigenvalue weighted by molar-refractivity contribution is 6.05. The number of nitrogens with zero attached hydrogens (tertiary/aromatic N) is 5. The van der Waals surface area contributed by atoms with E-state index in [0.29, 0.717) is 24.3 Å². The number of carbonyl (C=O) groups is 1. The van der Waals surface area contributed by atoms with Crippen LogP contribution in [0.3, 0.4) is 0 Å². The van der Waals surface area contributed by atoms with Crippen molar-refractivity contribution in [3.63, 3.8) is 0 Å². The molecular formula is C28H34FN5O2. The van der Waals surface area contributed by atoms with Crippen molar-refractivity contribution in [2.45, 2.75) is 69.6 Å². The molecule has 1 aromatic carbocycles. The van der Waals surface area contributed by atoms with Gasteiger partial charge in [-0.3, -0.25) is 13.9 Å². The first-order chi connectivity index (χ1) is 17.5. The molecular weight excluding hydrogens is 457 g/mol. The number of halogens is 1. The maximum absolute atomic E-state index is 13.2. The number of amides is 1. The first-order valence-electron chi connectivity index (χ1n) is 13.1. The van der Waals surface area contributed by atoms with Crippen molar-refractivity contribution in [1.82, 2.24) is 19.9 Å². The predicted octanol–water partition coefficient (Wildman–Crippen LogP) is 5.89. The minimum absolute atomic E-state index is 0.0350. The summed E-state index contributed by atoms with van der Waals surface area (Å²) in [6.07, 6.45) is 8.52. The van der Waals surface area contributed by atoms with Crippen LogP contribution in [0.4, 0.5) is 10.1 Å². The highest BCUT2D eigenvalue weighted by Crippen LogP contribution is 2.40. The summed E-state index contributed by atoms with van der Waals surface area (Å²) in [5.74, 6) is 2.02. The zero-order valence-corrected chi connectivity index (χ0v) is 21.0. The molecule has 0 bridgehead atoms. The van der Waals surface area contributed by atoms with Crippen LogP contribution in [0, 0.1) is 0 Å². The van der Waals surface area contributed by atoms with Crippen LogP contribution in [-0.4, -0.2) is 39.0 Å². The summed E-state index contributed by atoms with van der Waals surface area (Å²) in [6.45, 7) is 3.77. The Hall–Kier alpha value is -3.29. The summed E-state index contributed by atoms with van der Waals surface area (Å²) in [6, 6.07) is 9.80. The molecule has 0 saturated heterocycles. The maximum Gasteiger partial charge on any atom is 0.258 e. The van der Waals surface area contributed by atoms with E-state index in [1.807, 2.05) is 36.0 Å². The number of carbonyl (C=O) groups excluding carboxylic acids is 1. The fraction of sp³-hybridized carbons (Fsp3) is 0.500. The summed E-state index contributed by atoms with van der Waals surface area (Å²) in [7, 11) is 2.02. The van der Waals surface area contributed by atoms with Gasteiger partial charge in [0.25, 0.3) is 11.8 Å². The molecule has 190 valence electrons. The fourth-order valence-corrected chi connectivity index (χ4v) is 4.52. The van der Waals surface area contributed by atoms with E-state index in [-0.39, 0.29) is 17.9 Å². The second-order valence-corrected chi connectivity index (χ2v) is 10.1. The Labute approximate surface area is 211 Å². The molecule has 7 nitrogen and oxygen atoms in total. The molecule has 0 spiro atoms. The van der Waals surface area contributed by atoms with Gasteiger partial charge in [-0.1, -0.05) is 24.2 Å². The number of anilines is 1. The highest BCUT2D eigenvalue weighted by atomic mass is 19.1. The molecule has 5 rings (SSSR count). The molecule has 3 aromatic rings. The van der Waals surface area contributed by atoms with E-state index in [0.717, 1.165) is 55.6 Å². The first kappa shape index (κ1) is 24.4. The second-order valence-electron chi connectivity index (χ2n) is 10.1. The van der Waals surface area contributed by atoms with Crippen molar-refractivity contribution in [2.24, 2.45) is 7.05 Å². The Morgan fingerprint density at radius 2 is 1.97 bits per heavy atom. The van der Waals surface area contributed by atoms with Gasteiger partial charge in [-0.25, -0.2) is 0 Å². The van der Waals surface area contributed by atoms with E-state index in [4.69, 9.17) is 4.52 Å². The van der Waals surface area contributed by atoms with E-state index in [2.05, 4.69) is 27.9 Å². The van der Waals surface area contributed by atoms with Gasteiger partial charge in [0.1, 0.15) is 0 Å². The van der Waals surface area contributed by atoms with Gasteiger partial charge in [0, 0.05) is 54.4 Å². The van der Waals surface area contributed by atoms with Crippen LogP contribution in [0.1, 0.15) is 80.4 Å². The number of benzene rings is 1. The Morgan fingerprint density at radius 3 is 2.72 bits per heavy atom. The number of aryl methyl sites for hydroxylation is 2. The number of hydrogen-bond donors (Lipinski definition) is 0. The number of unbranched alkanes of at least 4 members (excludes halogenated alkanes) is 2. The lowest BCUT2D eigenvalue weighted by atomic mass is 10.1. The molecule has 0 unspecified atom stereocenters. The van der Waals surface area contributed by atoms with Crippen LogP contribution < -0.4 is 4.90 Å². The van der Waals surface area contributed by atoms with Gasteiger partial charge in [0.05, 0.1) is 12.4 Å². The maximum atomic E-state index is 13.2. The average Bonchev–Trinajstić information content (AvgIpc) is 3.82. The number of rotatable bonds is 13. The molecule has 2 heterocycles. The summed E-state index contributed by atoms with van der Waals surface area (Å²) in [5, 5.41) is 8.76. The molecule has 2 fully saturated rings. The Kier molecular flexibility index (Phi) is 7.30. The van der Waals surface area contributed by atoms with Gasteiger partial charge in [0.2, 0.25) is 0 Å². The van der Waals surface area contributed by atoms with E-state index < -0.39 is 6.67 Å². The summed E-state index contributed by atoms with van der Waals surface area (Å²) < 4.78 is 20.4. The molecule has 8 heteroatoms. The number of hydrogen-bond acceptors (Lipinski definition) is 5. The first-order valence-corrected chi connectivity index (χ1v) is 13.1. The van der Waals surface area contributed by atoms with Gasteiger partial charge >= 0.3 is 0 Å². The van der Waals surface area contributed by atoms with Gasteiger partial charge in [-0.2, -0.15) is 10.1 Å². The zero-order valence-electron chi connectivity index (χ0n) is 21.0. The van der Waals surface area contributed by atoms with Crippen molar-refractivity contribution in [3.8, 4) is 11.5 Å². The molecule has 2 aliphatic carbocycles. The van der Waals surface area contributed by atoms with Crippen molar-refractivity contribution < 1.29 is 13.7 Å². The predicted molar refractivity (Wildman–Crippen MR) is 137 cm³/mol. The second kappa shape index (κ2) is 10.8. The minimum Gasteiger partial charge on any atom is -0.334 e. The molecule has 0 N–H and O–H groups in total. The van der Waals surface area contributed by atoms with Crippen LogP contribution in [0.15, 0.2) is 47.0 Å². The lowest BCUT2D eigenvalue weighted by Gasteiger charge is -2.24. The lowest BCUT2D eigenvalue weighted by Crippen LogP contribution is -2.33. The minimum atomic E-state index is -0.599. The summed E-state index contributed by atoms with van der Waals surface area (Å²) in [5.41, 5.74) is 4.26. The molecule has 0 aliphatic heterocycles. The zero-order chi connectivity index (χ0) is 25.1. The average molecular weight is 492 g/mol. The van der Waals surface area contributed by atoms with Crippen LogP contribution in [0.5, 0.6) is 0 Å². The van der Waals surface area contributed by atoms with E-state index >= 15 is 0 Å². The molecule has 1 amide bonds. The monoisotopic (exact) mass is 491 g/mol. The van der Waals surface area contributed by atoms with Crippen molar-refractivity contribution in [2.75, 3.05) is 18.1 Å². The molecule has 0 radical (unpaired) electrons. The van der Waals surface area contributed by atoms with Gasteiger partial charge in [0.15, 0.2) is 5.82 Å². The molecule has 2 aliphatic rings. The van der Waals surface area contributed by atoms with E-state index in [9.17, 15) is 9.18 Å². The summed E-state index contributed by atoms with van der Waals surface area (Å²) >= 11 is 0. The third-order valence-electron chi connectivity index (χ3n) is 7.04. The Morgan fingerprint density at radius 1 is 1.17 bits per heavy atom. The molecule has 2 aromatic heterocycles. The normalized spacial score (nSPS) is 15.3. The molecule has 36 heavy (non-hydrogen) atoms. The van der Waals surface area contributed by atoms with Gasteiger partial charge in [-0.05, 0) is 69.2 Å². The standard InChI is InChI=1S/C28H34FN5O2/c1-19(14-15-29)28(35)34(16-5-3-4-8-23-18-25(20-10-11-20)31-33(23)2)24-9-6-7-22(17-24)27-30-26(32-36-27)21-12-13-21/h6-7,9,17-18,20-21H,1,3-5,8,10-16H2,2H3. The van der Waals surface area contributed by atoms with Crippen molar-refractivity contribution in [1.29, 1.82) is 0 Å². The van der Waals surface area contributed by atoms with Crippen LogP contribution in [-0.2, 0) is 18.3 Å². The number of alkyl halides is 1. The summed E-state index contributed by atoms with van der Waals surface area (Å²) in [4.78, 5) is 19.4. The van der Waals surface area contributed by atoms with E-state index in [1.165, 1.54) is 24.2 Å². The van der Waals surface area contributed by atoms with Crippen LogP contribution >= 0.6 is 0 Å². The third kappa shape index (κ3) is 5.74. The van der Waals surface area contributed by atoms with Gasteiger partial charge in [-0.15, -0.1) is 0 Å². The van der Waals surface area contributed by atoms with Crippen LogP contribution in [0.25, 0.3) is 11.5 Å². The fourth-order valence-electron chi connectivity index (χ4n) is 4.52. The molecule has 0 atom stereocenters. The van der Waals surface area contributed by atoms with Gasteiger partial charge < -0.3 is 9.42 Å². The van der Waals surface area contributed by atoms with Crippen LogP contribution in [0.2, 0.25) is 0 Å². The Balaban J connectivity index is 1.23. The topological polar surface area (TPSA) is 77.1 Å². The highest BCUT2D eigenvalue weighted by Gasteiger charge is 2.29. The quantitative estimate of drug-likeness (QED) is 0.220. The SMILES string of the molecule is C=C(CCF)C(=O)N(CCCCCc1cc(C2CC2)nn1C)c1cccc(-c2nc(C3CC3)no2)c1. The molecule has 2 saturated carbocycles. The lowest BCUT2D eigenvalue weighted by molar-refractivity contribution is -0.115. The largest absolute Gasteiger partial charge is 0.334 e. The van der Waals surface area contributed by atoms with Crippen molar-refractivity contribution >= 4 is 11.6 Å². The number of aromatic nitrogens is 4. The Bertz CT molecular complexity index is 1220. The smallest absolute Gasteiger partial charge is 0.258 e.